The van der Waals surface area contributed by atoms with Crippen LogP contribution in [0.2, 0.25) is 0 Å². The van der Waals surface area contributed by atoms with Crippen LogP contribution in [0.3, 0.4) is 0 Å². The number of hydrogen-bond donors (Lipinski definition) is 1. The van der Waals surface area contributed by atoms with E-state index >= 15 is 0 Å². The van der Waals surface area contributed by atoms with Gasteiger partial charge in [0.25, 0.3) is 0 Å². The van der Waals surface area contributed by atoms with Crippen molar-refractivity contribution in [1.82, 2.24) is 15.4 Å². The van der Waals surface area contributed by atoms with Gasteiger partial charge in [0, 0.05) is 18.7 Å². The second-order valence-corrected chi connectivity index (χ2v) is 4.90. The number of aryl methyl sites for hydroxylation is 1. The first-order valence-electron chi connectivity index (χ1n) is 6.16. The van der Waals surface area contributed by atoms with Crippen LogP contribution in [0.15, 0.2) is 10.6 Å². The first-order chi connectivity index (χ1) is 8.65. The van der Waals surface area contributed by atoms with Gasteiger partial charge in [-0.3, -0.25) is 19.8 Å². The zero-order valence-electron chi connectivity index (χ0n) is 10.2. The van der Waals surface area contributed by atoms with E-state index < -0.39 is 6.04 Å². The third kappa shape index (κ3) is 2.03. The summed E-state index contributed by atoms with van der Waals surface area (Å²) in [5.74, 6) is 0.583. The van der Waals surface area contributed by atoms with Crippen LogP contribution in [0.1, 0.15) is 30.7 Å². The van der Waals surface area contributed by atoms with Crippen LogP contribution in [-0.4, -0.2) is 34.0 Å². The van der Waals surface area contributed by atoms with Gasteiger partial charge >= 0.3 is 0 Å². The highest BCUT2D eigenvalue weighted by molar-refractivity contribution is 6.06. The molecular formula is C12H15N3O3. The Hall–Kier alpha value is -1.69. The molecule has 2 aliphatic rings. The van der Waals surface area contributed by atoms with E-state index in [0.717, 1.165) is 24.3 Å². The number of nitrogens with zero attached hydrogens (tertiary/aromatic N) is 2. The normalized spacial score (nSPS) is 24.1. The second-order valence-electron chi connectivity index (χ2n) is 4.90. The maximum Gasteiger partial charge on any atom is 0.247 e. The molecule has 1 aliphatic heterocycles. The molecule has 1 saturated heterocycles. The Labute approximate surface area is 104 Å². The molecule has 0 radical (unpaired) electrons. The van der Waals surface area contributed by atoms with Gasteiger partial charge < -0.3 is 4.52 Å². The van der Waals surface area contributed by atoms with Crippen LogP contribution in [-0.2, 0) is 16.1 Å². The van der Waals surface area contributed by atoms with Crippen LogP contribution < -0.4 is 5.32 Å². The van der Waals surface area contributed by atoms with Crippen LogP contribution in [0.5, 0.6) is 0 Å². The zero-order chi connectivity index (χ0) is 12.7. The molecule has 1 aromatic rings. The third-order valence-corrected chi connectivity index (χ3v) is 3.30. The Balaban J connectivity index is 1.60. The van der Waals surface area contributed by atoms with Crippen LogP contribution in [0.4, 0.5) is 0 Å². The fraction of sp³-hybridized carbons (Fsp3) is 0.583. The topological polar surface area (TPSA) is 75.4 Å². The molecule has 1 aromatic heterocycles. The number of carbonyl (C=O) groups is 2. The predicted octanol–water partition coefficient (Wildman–Crippen LogP) is 0.363. The van der Waals surface area contributed by atoms with Crippen molar-refractivity contribution in [1.29, 1.82) is 0 Å². The highest BCUT2D eigenvalue weighted by Crippen LogP contribution is 2.31. The van der Waals surface area contributed by atoms with Gasteiger partial charge in [0.05, 0.1) is 18.2 Å². The summed E-state index contributed by atoms with van der Waals surface area (Å²) in [6.07, 6.45) is 2.16. The molecule has 3 rings (SSSR count). The summed E-state index contributed by atoms with van der Waals surface area (Å²) in [5.41, 5.74) is 0.748. The lowest BCUT2D eigenvalue weighted by atomic mass is 10.2. The van der Waals surface area contributed by atoms with Crippen molar-refractivity contribution in [3.05, 3.63) is 17.5 Å². The molecule has 96 valence electrons. The molecule has 6 heteroatoms. The van der Waals surface area contributed by atoms with E-state index in [1.807, 2.05) is 13.0 Å². The van der Waals surface area contributed by atoms with E-state index in [-0.39, 0.29) is 24.3 Å². The van der Waals surface area contributed by atoms with Gasteiger partial charge in [-0.15, -0.1) is 0 Å². The van der Waals surface area contributed by atoms with Crippen LogP contribution in [0.25, 0.3) is 0 Å². The number of rotatable bonds is 4. The molecular weight excluding hydrogens is 234 g/mol. The number of aromatic nitrogens is 1. The first-order valence-corrected chi connectivity index (χ1v) is 6.16. The van der Waals surface area contributed by atoms with E-state index in [2.05, 4.69) is 10.5 Å². The smallest absolute Gasteiger partial charge is 0.247 e. The monoisotopic (exact) mass is 249 g/mol. The van der Waals surface area contributed by atoms with Gasteiger partial charge in [-0.05, 0) is 19.8 Å². The lowest BCUT2D eigenvalue weighted by molar-refractivity contribution is -0.139. The molecule has 2 heterocycles. The Morgan fingerprint density at radius 1 is 1.50 bits per heavy atom. The average molecular weight is 249 g/mol. The highest BCUT2D eigenvalue weighted by atomic mass is 16.5. The number of carbonyl (C=O) groups excluding carboxylic acids is 2. The molecule has 1 N–H and O–H groups in total. The molecule has 1 aliphatic carbocycles. The summed E-state index contributed by atoms with van der Waals surface area (Å²) in [6.45, 7) is 2.26. The van der Waals surface area contributed by atoms with Crippen molar-refractivity contribution in [3.8, 4) is 0 Å². The summed E-state index contributed by atoms with van der Waals surface area (Å²) < 4.78 is 4.94. The van der Waals surface area contributed by atoms with E-state index in [1.54, 1.807) is 0 Å². The molecule has 0 aromatic carbocycles. The Kier molecular flexibility index (Phi) is 2.66. The molecule has 1 unspecified atom stereocenters. The molecule has 1 saturated carbocycles. The quantitative estimate of drug-likeness (QED) is 0.780. The third-order valence-electron chi connectivity index (χ3n) is 3.30. The largest absolute Gasteiger partial charge is 0.361 e. The molecule has 6 nitrogen and oxygen atoms in total. The Morgan fingerprint density at radius 2 is 2.28 bits per heavy atom. The lowest BCUT2D eigenvalue weighted by Crippen LogP contribution is -2.39. The minimum atomic E-state index is -0.407. The fourth-order valence-electron chi connectivity index (χ4n) is 2.26. The van der Waals surface area contributed by atoms with Gasteiger partial charge in [-0.25, -0.2) is 0 Å². The van der Waals surface area contributed by atoms with E-state index in [1.165, 1.54) is 4.90 Å². The van der Waals surface area contributed by atoms with Crippen LogP contribution >= 0.6 is 0 Å². The second kappa shape index (κ2) is 4.20. The Bertz CT molecular complexity index is 493. The van der Waals surface area contributed by atoms with Crippen molar-refractivity contribution < 1.29 is 14.1 Å². The molecule has 1 atom stereocenters. The minimum Gasteiger partial charge on any atom is -0.361 e. The molecule has 2 fully saturated rings. The molecule has 2 amide bonds. The van der Waals surface area contributed by atoms with E-state index in [0.29, 0.717) is 6.54 Å². The Morgan fingerprint density at radius 3 is 2.89 bits per heavy atom. The number of imide groups is 1. The number of amides is 2. The van der Waals surface area contributed by atoms with Gasteiger partial charge in [0.1, 0.15) is 5.76 Å². The van der Waals surface area contributed by atoms with Gasteiger partial charge in [-0.2, -0.15) is 0 Å². The summed E-state index contributed by atoms with van der Waals surface area (Å²) in [4.78, 5) is 25.2. The maximum absolute atomic E-state index is 12.0. The summed E-state index contributed by atoms with van der Waals surface area (Å²) >= 11 is 0. The van der Waals surface area contributed by atoms with Gasteiger partial charge in [0.2, 0.25) is 11.8 Å². The SMILES string of the molecule is Cc1cc(CNC2CC(=O)N(C3CC3)C2=O)no1. The summed E-state index contributed by atoms with van der Waals surface area (Å²) in [5, 5.41) is 6.91. The van der Waals surface area contributed by atoms with Crippen LogP contribution in [0, 0.1) is 6.92 Å². The van der Waals surface area contributed by atoms with E-state index in [4.69, 9.17) is 4.52 Å². The fourth-order valence-corrected chi connectivity index (χ4v) is 2.26. The van der Waals surface area contributed by atoms with Crippen molar-refractivity contribution >= 4 is 11.8 Å². The number of hydrogen-bond acceptors (Lipinski definition) is 5. The molecule has 18 heavy (non-hydrogen) atoms. The van der Waals surface area contributed by atoms with Crippen molar-refractivity contribution in [3.63, 3.8) is 0 Å². The van der Waals surface area contributed by atoms with E-state index in [9.17, 15) is 9.59 Å². The number of nitrogens with one attached hydrogen (secondary N) is 1. The minimum absolute atomic E-state index is 0.0590. The first kappa shape index (κ1) is 11.4. The van der Waals surface area contributed by atoms with Crippen molar-refractivity contribution in [2.24, 2.45) is 0 Å². The standard InChI is InChI=1S/C12H15N3O3/c1-7-4-8(14-18-7)6-13-10-5-11(16)15(12(10)17)9-2-3-9/h4,9-10,13H,2-3,5-6H2,1H3. The van der Waals surface area contributed by atoms with Gasteiger partial charge in [0.15, 0.2) is 0 Å². The number of likely N-dealkylation sites (tertiary alicyclic amines) is 1. The lowest BCUT2D eigenvalue weighted by Gasteiger charge is -2.13. The highest BCUT2D eigenvalue weighted by Gasteiger charge is 2.45. The van der Waals surface area contributed by atoms with Gasteiger partial charge in [-0.1, -0.05) is 5.16 Å². The maximum atomic E-state index is 12.0. The molecule has 0 bridgehead atoms. The summed E-state index contributed by atoms with van der Waals surface area (Å²) in [6, 6.07) is 1.56. The zero-order valence-corrected chi connectivity index (χ0v) is 10.2. The van der Waals surface area contributed by atoms with Crippen molar-refractivity contribution in [2.75, 3.05) is 0 Å². The average Bonchev–Trinajstić information content (AvgIpc) is 3.00. The van der Waals surface area contributed by atoms with Crippen molar-refractivity contribution in [2.45, 2.75) is 44.8 Å². The molecule has 0 spiro atoms. The predicted molar refractivity (Wildman–Crippen MR) is 61.4 cm³/mol. The summed E-state index contributed by atoms with van der Waals surface area (Å²) in [7, 11) is 0.